The average Bonchev–Trinajstić information content (AvgIpc) is 2.41. The standard InChI is InChI=1S/C14H13BrClN3O/c15-10-7-12(14(16)18-8-10)19-13(20)5-4-9-2-1-3-11(17)6-9/h1-3,6-8H,4-5,17H2,(H,19,20). The molecule has 1 aromatic carbocycles. The average molecular weight is 355 g/mol. The molecular formula is C14H13BrClN3O. The summed E-state index contributed by atoms with van der Waals surface area (Å²) >= 11 is 9.20. The molecule has 1 aromatic heterocycles. The van der Waals surface area contributed by atoms with E-state index in [-0.39, 0.29) is 11.1 Å². The Morgan fingerprint density at radius 1 is 1.40 bits per heavy atom. The number of aromatic nitrogens is 1. The summed E-state index contributed by atoms with van der Waals surface area (Å²) in [5.74, 6) is -0.116. The number of nitrogens with one attached hydrogen (secondary N) is 1. The maximum Gasteiger partial charge on any atom is 0.224 e. The molecule has 0 spiro atoms. The van der Waals surface area contributed by atoms with E-state index in [0.29, 0.717) is 24.2 Å². The van der Waals surface area contributed by atoms with E-state index >= 15 is 0 Å². The van der Waals surface area contributed by atoms with Crippen LogP contribution in [0.4, 0.5) is 11.4 Å². The quantitative estimate of drug-likeness (QED) is 0.650. The van der Waals surface area contributed by atoms with Gasteiger partial charge in [0, 0.05) is 22.8 Å². The monoisotopic (exact) mass is 353 g/mol. The zero-order valence-electron chi connectivity index (χ0n) is 10.6. The normalized spacial score (nSPS) is 10.3. The van der Waals surface area contributed by atoms with Crippen molar-refractivity contribution in [2.45, 2.75) is 12.8 Å². The van der Waals surface area contributed by atoms with Gasteiger partial charge in [-0.2, -0.15) is 0 Å². The summed E-state index contributed by atoms with van der Waals surface area (Å²) in [6.07, 6.45) is 2.55. The van der Waals surface area contributed by atoms with E-state index in [1.165, 1.54) is 0 Å². The molecule has 0 bridgehead atoms. The van der Waals surface area contributed by atoms with Gasteiger partial charge in [-0.05, 0) is 46.1 Å². The molecule has 0 saturated heterocycles. The number of anilines is 2. The Morgan fingerprint density at radius 3 is 2.95 bits per heavy atom. The first kappa shape index (κ1) is 14.8. The lowest BCUT2D eigenvalue weighted by atomic mass is 10.1. The predicted molar refractivity (Wildman–Crippen MR) is 84.8 cm³/mol. The number of halogens is 2. The molecule has 0 saturated carbocycles. The molecule has 0 atom stereocenters. The van der Waals surface area contributed by atoms with Gasteiger partial charge in [0.1, 0.15) is 0 Å². The molecular weight excluding hydrogens is 342 g/mol. The summed E-state index contributed by atoms with van der Waals surface area (Å²) in [5.41, 5.74) is 7.92. The summed E-state index contributed by atoms with van der Waals surface area (Å²) in [6, 6.07) is 9.21. The summed E-state index contributed by atoms with van der Waals surface area (Å²) in [4.78, 5) is 15.8. The van der Waals surface area contributed by atoms with Gasteiger partial charge in [0.15, 0.2) is 5.15 Å². The molecule has 0 fully saturated rings. The lowest BCUT2D eigenvalue weighted by Gasteiger charge is -2.07. The first-order chi connectivity index (χ1) is 9.54. The van der Waals surface area contributed by atoms with Gasteiger partial charge in [0.25, 0.3) is 0 Å². The highest BCUT2D eigenvalue weighted by molar-refractivity contribution is 9.10. The van der Waals surface area contributed by atoms with Crippen molar-refractivity contribution < 1.29 is 4.79 Å². The van der Waals surface area contributed by atoms with Crippen molar-refractivity contribution in [3.05, 3.63) is 51.7 Å². The third kappa shape index (κ3) is 4.21. The van der Waals surface area contributed by atoms with Crippen molar-refractivity contribution in [2.75, 3.05) is 11.1 Å². The van der Waals surface area contributed by atoms with Gasteiger partial charge in [0.05, 0.1) is 5.69 Å². The molecule has 2 aromatic rings. The van der Waals surface area contributed by atoms with Crippen LogP contribution < -0.4 is 11.1 Å². The number of nitrogen functional groups attached to an aromatic ring is 1. The van der Waals surface area contributed by atoms with Crippen molar-refractivity contribution in [3.63, 3.8) is 0 Å². The molecule has 1 heterocycles. The molecule has 0 radical (unpaired) electrons. The summed E-state index contributed by atoms with van der Waals surface area (Å²) in [7, 11) is 0. The summed E-state index contributed by atoms with van der Waals surface area (Å²) in [6.45, 7) is 0. The van der Waals surface area contributed by atoms with Crippen LogP contribution in [0.2, 0.25) is 5.15 Å². The number of hydrogen-bond acceptors (Lipinski definition) is 3. The maximum absolute atomic E-state index is 11.9. The predicted octanol–water partition coefficient (Wildman–Crippen LogP) is 3.65. The molecule has 0 unspecified atom stereocenters. The minimum Gasteiger partial charge on any atom is -0.399 e. The van der Waals surface area contributed by atoms with Crippen molar-refractivity contribution in [1.82, 2.24) is 4.98 Å². The number of carbonyl (C=O) groups excluding carboxylic acids is 1. The van der Waals surface area contributed by atoms with Crippen molar-refractivity contribution in [2.24, 2.45) is 0 Å². The molecule has 104 valence electrons. The second kappa shape index (κ2) is 6.72. The first-order valence-electron chi connectivity index (χ1n) is 6.00. The van der Waals surface area contributed by atoms with E-state index in [0.717, 1.165) is 10.0 Å². The lowest BCUT2D eigenvalue weighted by Crippen LogP contribution is -2.13. The van der Waals surface area contributed by atoms with E-state index < -0.39 is 0 Å². The molecule has 2 rings (SSSR count). The van der Waals surface area contributed by atoms with E-state index in [4.69, 9.17) is 17.3 Å². The molecule has 3 N–H and O–H groups in total. The van der Waals surface area contributed by atoms with Crippen LogP contribution >= 0.6 is 27.5 Å². The Labute approximate surface area is 130 Å². The van der Waals surface area contributed by atoms with Crippen LogP contribution in [0.25, 0.3) is 0 Å². The maximum atomic E-state index is 11.9. The fourth-order valence-corrected chi connectivity index (χ4v) is 2.21. The lowest BCUT2D eigenvalue weighted by molar-refractivity contribution is -0.116. The second-order valence-electron chi connectivity index (χ2n) is 4.29. The Bertz CT molecular complexity index is 634. The van der Waals surface area contributed by atoms with Crippen molar-refractivity contribution in [1.29, 1.82) is 0 Å². The second-order valence-corrected chi connectivity index (χ2v) is 5.56. The van der Waals surface area contributed by atoms with Gasteiger partial charge in [0.2, 0.25) is 5.91 Å². The molecule has 0 aliphatic rings. The molecule has 6 heteroatoms. The Kier molecular flexibility index (Phi) is 4.98. The zero-order chi connectivity index (χ0) is 14.5. The van der Waals surface area contributed by atoms with Gasteiger partial charge in [-0.1, -0.05) is 23.7 Å². The Balaban J connectivity index is 1.94. The highest BCUT2D eigenvalue weighted by atomic mass is 79.9. The summed E-state index contributed by atoms with van der Waals surface area (Å²) < 4.78 is 0.757. The van der Waals surface area contributed by atoms with Crippen LogP contribution in [0.3, 0.4) is 0 Å². The van der Waals surface area contributed by atoms with Gasteiger partial charge < -0.3 is 11.1 Å². The van der Waals surface area contributed by atoms with Crippen LogP contribution in [0.15, 0.2) is 41.0 Å². The van der Waals surface area contributed by atoms with E-state index in [1.54, 1.807) is 12.3 Å². The van der Waals surface area contributed by atoms with E-state index in [9.17, 15) is 4.79 Å². The van der Waals surface area contributed by atoms with Crippen LogP contribution in [0.5, 0.6) is 0 Å². The minimum atomic E-state index is -0.116. The number of nitrogens with two attached hydrogens (primary N) is 1. The largest absolute Gasteiger partial charge is 0.399 e. The first-order valence-corrected chi connectivity index (χ1v) is 7.17. The Morgan fingerprint density at radius 2 is 2.20 bits per heavy atom. The third-order valence-electron chi connectivity index (χ3n) is 2.67. The van der Waals surface area contributed by atoms with Crippen molar-refractivity contribution >= 4 is 44.8 Å². The number of aryl methyl sites for hydroxylation is 1. The third-order valence-corrected chi connectivity index (χ3v) is 3.41. The Hall–Kier alpha value is -1.59. The minimum absolute atomic E-state index is 0.116. The molecule has 0 aliphatic carbocycles. The highest BCUT2D eigenvalue weighted by Crippen LogP contribution is 2.23. The smallest absolute Gasteiger partial charge is 0.224 e. The van der Waals surface area contributed by atoms with Crippen LogP contribution in [-0.2, 0) is 11.2 Å². The topological polar surface area (TPSA) is 68.0 Å². The van der Waals surface area contributed by atoms with Gasteiger partial charge in [-0.15, -0.1) is 0 Å². The number of amides is 1. The van der Waals surface area contributed by atoms with E-state index in [1.807, 2.05) is 24.3 Å². The fraction of sp³-hybridized carbons (Fsp3) is 0.143. The van der Waals surface area contributed by atoms with Gasteiger partial charge >= 0.3 is 0 Å². The number of benzene rings is 1. The summed E-state index contributed by atoms with van der Waals surface area (Å²) in [5, 5.41) is 3.01. The molecule has 0 aliphatic heterocycles. The number of nitrogens with zero attached hydrogens (tertiary/aromatic N) is 1. The van der Waals surface area contributed by atoms with Crippen LogP contribution in [0.1, 0.15) is 12.0 Å². The van der Waals surface area contributed by atoms with Crippen LogP contribution in [0, 0.1) is 0 Å². The van der Waals surface area contributed by atoms with E-state index in [2.05, 4.69) is 26.2 Å². The van der Waals surface area contributed by atoms with Crippen molar-refractivity contribution in [3.8, 4) is 0 Å². The molecule has 1 amide bonds. The van der Waals surface area contributed by atoms with Gasteiger partial charge in [-0.25, -0.2) is 4.98 Å². The SMILES string of the molecule is Nc1cccc(CCC(=O)Nc2cc(Br)cnc2Cl)c1. The number of pyridine rings is 1. The van der Waals surface area contributed by atoms with Gasteiger partial charge in [-0.3, -0.25) is 4.79 Å². The highest BCUT2D eigenvalue weighted by Gasteiger charge is 2.08. The number of rotatable bonds is 4. The number of hydrogen-bond donors (Lipinski definition) is 2. The molecule has 4 nitrogen and oxygen atoms in total. The number of carbonyl (C=O) groups is 1. The van der Waals surface area contributed by atoms with Crippen LogP contribution in [-0.4, -0.2) is 10.9 Å². The fourth-order valence-electron chi connectivity index (χ4n) is 1.73. The molecule has 20 heavy (non-hydrogen) atoms. The zero-order valence-corrected chi connectivity index (χ0v) is 12.9.